The van der Waals surface area contributed by atoms with Crippen LogP contribution in [0.2, 0.25) is 0 Å². The number of benzene rings is 2. The first-order valence-corrected chi connectivity index (χ1v) is 8.52. The smallest absolute Gasteiger partial charge is 0.124 e. The SMILES string of the molecule is C.Cc1ccc(Cn2c(CN3CCCC3)nc3ccccc32)cc1.[Y].[Y]. The van der Waals surface area contributed by atoms with Crippen LogP contribution in [0.15, 0.2) is 48.5 Å². The van der Waals surface area contributed by atoms with Crippen LogP contribution in [0, 0.1) is 6.92 Å². The predicted molar refractivity (Wildman–Crippen MR) is 101 cm³/mol. The number of aromatic nitrogens is 2. The minimum absolute atomic E-state index is 0. The van der Waals surface area contributed by atoms with Crippen molar-refractivity contribution >= 4 is 11.0 Å². The van der Waals surface area contributed by atoms with E-state index in [1.54, 1.807) is 0 Å². The number of imidazole rings is 1. The van der Waals surface area contributed by atoms with Gasteiger partial charge in [0.15, 0.2) is 0 Å². The number of nitrogens with zero attached hydrogens (tertiary/aromatic N) is 3. The molecule has 0 N–H and O–H groups in total. The maximum Gasteiger partial charge on any atom is 0.124 e. The number of para-hydroxylation sites is 2. The standard InChI is InChI=1S/C20H23N3.CH4.2Y/c1-16-8-10-17(11-9-16)14-23-19-7-3-2-6-18(19)21-20(23)15-22-12-4-5-13-22;;;/h2-3,6-11H,4-5,12-15H2,1H3;1H4;;. The van der Waals surface area contributed by atoms with Gasteiger partial charge < -0.3 is 4.57 Å². The summed E-state index contributed by atoms with van der Waals surface area (Å²) in [5, 5.41) is 0. The molecule has 0 amide bonds. The Morgan fingerprint density at radius 3 is 2.23 bits per heavy atom. The third-order valence-corrected chi connectivity index (χ3v) is 4.76. The zero-order chi connectivity index (χ0) is 15.6. The molecule has 0 unspecified atom stereocenters. The summed E-state index contributed by atoms with van der Waals surface area (Å²) in [4.78, 5) is 7.43. The number of fused-ring (bicyclic) bond motifs is 1. The van der Waals surface area contributed by atoms with Crippen molar-refractivity contribution in [2.75, 3.05) is 13.1 Å². The average molecular weight is 499 g/mol. The van der Waals surface area contributed by atoms with Crippen molar-refractivity contribution in [1.82, 2.24) is 14.5 Å². The molecule has 1 aliphatic heterocycles. The molecule has 1 aliphatic rings. The van der Waals surface area contributed by atoms with Crippen LogP contribution in [-0.4, -0.2) is 27.5 Å². The van der Waals surface area contributed by atoms with E-state index < -0.39 is 0 Å². The molecule has 26 heavy (non-hydrogen) atoms. The first kappa shape index (κ1) is 24.1. The molecule has 3 aromatic rings. The monoisotopic (exact) mass is 499 g/mol. The van der Waals surface area contributed by atoms with Crippen LogP contribution in [0.4, 0.5) is 0 Å². The zero-order valence-electron chi connectivity index (χ0n) is 14.9. The maximum absolute atomic E-state index is 4.91. The molecule has 2 aromatic carbocycles. The quantitative estimate of drug-likeness (QED) is 0.523. The van der Waals surface area contributed by atoms with E-state index in [4.69, 9.17) is 4.98 Å². The van der Waals surface area contributed by atoms with Gasteiger partial charge in [0.25, 0.3) is 0 Å². The van der Waals surface area contributed by atoms with Gasteiger partial charge in [-0.2, -0.15) is 0 Å². The molecule has 1 fully saturated rings. The normalized spacial score (nSPS) is 13.7. The van der Waals surface area contributed by atoms with E-state index in [1.165, 1.54) is 48.4 Å². The summed E-state index contributed by atoms with van der Waals surface area (Å²) < 4.78 is 2.39. The minimum atomic E-state index is 0. The molecule has 2 heterocycles. The number of rotatable bonds is 4. The summed E-state index contributed by atoms with van der Waals surface area (Å²) >= 11 is 0. The molecule has 0 spiro atoms. The van der Waals surface area contributed by atoms with Gasteiger partial charge in [-0.3, -0.25) is 4.90 Å². The van der Waals surface area contributed by atoms with E-state index in [1.807, 2.05) is 0 Å². The van der Waals surface area contributed by atoms with Crippen molar-refractivity contribution in [2.45, 2.75) is 40.3 Å². The van der Waals surface area contributed by atoms with Crippen LogP contribution >= 0.6 is 0 Å². The van der Waals surface area contributed by atoms with E-state index in [-0.39, 0.29) is 72.8 Å². The van der Waals surface area contributed by atoms with Crippen molar-refractivity contribution in [3.8, 4) is 0 Å². The molecule has 4 rings (SSSR count). The molecule has 0 aliphatic carbocycles. The number of aryl methyl sites for hydroxylation is 1. The second-order valence-corrected chi connectivity index (χ2v) is 6.57. The first-order chi connectivity index (χ1) is 11.3. The molecular weight excluding hydrogens is 472 g/mol. The third kappa shape index (κ3) is 5.55. The third-order valence-electron chi connectivity index (χ3n) is 4.76. The van der Waals surface area contributed by atoms with Gasteiger partial charge in [-0.1, -0.05) is 49.4 Å². The molecular formula is C21H27N3Y2. The van der Waals surface area contributed by atoms with E-state index in [0.29, 0.717) is 0 Å². The molecule has 3 nitrogen and oxygen atoms in total. The summed E-state index contributed by atoms with van der Waals surface area (Å²) in [7, 11) is 0. The second-order valence-electron chi connectivity index (χ2n) is 6.57. The summed E-state index contributed by atoms with van der Waals surface area (Å²) in [5.74, 6) is 1.19. The second kappa shape index (κ2) is 11.2. The predicted octanol–water partition coefficient (Wildman–Crippen LogP) is 4.62. The Kier molecular flexibility index (Phi) is 10.4. The van der Waals surface area contributed by atoms with Gasteiger partial charge in [-0.05, 0) is 50.6 Å². The molecule has 5 heteroatoms. The van der Waals surface area contributed by atoms with Crippen molar-refractivity contribution in [3.63, 3.8) is 0 Å². The van der Waals surface area contributed by atoms with Gasteiger partial charge in [0.1, 0.15) is 5.82 Å². The van der Waals surface area contributed by atoms with Crippen LogP contribution in [0.3, 0.4) is 0 Å². The van der Waals surface area contributed by atoms with Crippen molar-refractivity contribution in [3.05, 3.63) is 65.5 Å². The Hall–Kier alpha value is 0.0778. The topological polar surface area (TPSA) is 21.1 Å². The molecule has 0 bridgehead atoms. The number of likely N-dealkylation sites (tertiary alicyclic amines) is 1. The molecule has 2 radical (unpaired) electrons. The number of hydrogen-bond donors (Lipinski definition) is 0. The summed E-state index contributed by atoms with van der Waals surface area (Å²) in [6.07, 6.45) is 2.64. The average Bonchev–Trinajstić information content (AvgIpc) is 3.19. The van der Waals surface area contributed by atoms with Gasteiger partial charge in [-0.15, -0.1) is 0 Å². The van der Waals surface area contributed by atoms with E-state index in [9.17, 15) is 0 Å². The summed E-state index contributed by atoms with van der Waals surface area (Å²) in [5.41, 5.74) is 4.99. The maximum atomic E-state index is 4.91. The zero-order valence-corrected chi connectivity index (χ0v) is 20.5. The van der Waals surface area contributed by atoms with Gasteiger partial charge >= 0.3 is 0 Å². The fraction of sp³-hybridized carbons (Fsp3) is 0.381. The summed E-state index contributed by atoms with van der Waals surface area (Å²) in [6, 6.07) is 17.3. The van der Waals surface area contributed by atoms with Gasteiger partial charge in [0, 0.05) is 72.0 Å². The van der Waals surface area contributed by atoms with E-state index in [2.05, 4.69) is 64.9 Å². The van der Waals surface area contributed by atoms with Gasteiger partial charge in [0.2, 0.25) is 0 Å². The molecule has 132 valence electrons. The number of hydrogen-bond acceptors (Lipinski definition) is 2. The van der Waals surface area contributed by atoms with Crippen molar-refractivity contribution in [1.29, 1.82) is 0 Å². The van der Waals surface area contributed by atoms with Crippen LogP contribution in [0.5, 0.6) is 0 Å². The van der Waals surface area contributed by atoms with Crippen molar-refractivity contribution < 1.29 is 65.4 Å². The van der Waals surface area contributed by atoms with E-state index >= 15 is 0 Å². The fourth-order valence-electron chi connectivity index (χ4n) is 3.44. The molecule has 1 aromatic heterocycles. The Labute approximate surface area is 207 Å². The van der Waals surface area contributed by atoms with Crippen LogP contribution in [-0.2, 0) is 78.5 Å². The Morgan fingerprint density at radius 1 is 0.885 bits per heavy atom. The van der Waals surface area contributed by atoms with Gasteiger partial charge in [0.05, 0.1) is 17.6 Å². The van der Waals surface area contributed by atoms with Crippen molar-refractivity contribution in [2.24, 2.45) is 0 Å². The van der Waals surface area contributed by atoms with E-state index in [0.717, 1.165) is 18.6 Å². The molecule has 1 saturated heterocycles. The van der Waals surface area contributed by atoms with Gasteiger partial charge in [-0.25, -0.2) is 4.98 Å². The van der Waals surface area contributed by atoms with Crippen LogP contribution < -0.4 is 0 Å². The fourth-order valence-corrected chi connectivity index (χ4v) is 3.44. The van der Waals surface area contributed by atoms with Crippen LogP contribution in [0.25, 0.3) is 11.0 Å². The van der Waals surface area contributed by atoms with Crippen LogP contribution in [0.1, 0.15) is 37.2 Å². The first-order valence-electron chi connectivity index (χ1n) is 8.52. The Balaban J connectivity index is 0.00000113. The summed E-state index contributed by atoms with van der Waals surface area (Å²) in [6.45, 7) is 6.39. The largest absolute Gasteiger partial charge is 0.322 e. The minimum Gasteiger partial charge on any atom is -0.322 e. The molecule has 0 atom stereocenters. The Bertz CT molecular complexity index is 806. The Morgan fingerprint density at radius 2 is 1.54 bits per heavy atom. The molecule has 0 saturated carbocycles.